The lowest BCUT2D eigenvalue weighted by atomic mass is 10.1. The summed E-state index contributed by atoms with van der Waals surface area (Å²) in [6.45, 7) is 0. The number of hydrazine groups is 1. The number of amides is 2. The van der Waals surface area contributed by atoms with Crippen LogP contribution in [-0.4, -0.2) is 38.0 Å². The predicted molar refractivity (Wildman–Crippen MR) is 149 cm³/mol. The van der Waals surface area contributed by atoms with Crippen LogP contribution in [0.1, 0.15) is 11.1 Å². The lowest BCUT2D eigenvalue weighted by Gasteiger charge is -2.15. The van der Waals surface area contributed by atoms with Gasteiger partial charge in [0, 0.05) is 17.3 Å². The zero-order chi connectivity index (χ0) is 25.8. The molecular weight excluding hydrogens is 504 g/mol. The summed E-state index contributed by atoms with van der Waals surface area (Å²) in [5.74, 6) is 0.0315. The molecule has 7 nitrogen and oxygen atoms in total. The smallest absolute Gasteiger partial charge is 0.285 e. The molecule has 0 saturated carbocycles. The van der Waals surface area contributed by atoms with Gasteiger partial charge >= 0.3 is 0 Å². The zero-order valence-corrected chi connectivity index (χ0v) is 21.5. The molecule has 5 rings (SSSR count). The Morgan fingerprint density at radius 3 is 2.38 bits per heavy atom. The molecule has 1 saturated heterocycles. The summed E-state index contributed by atoms with van der Waals surface area (Å²) in [4.78, 5) is 26.2. The summed E-state index contributed by atoms with van der Waals surface area (Å²) < 4.78 is 7.32. The molecule has 0 spiro atoms. The van der Waals surface area contributed by atoms with E-state index in [1.54, 1.807) is 17.9 Å². The Hall–Kier alpha value is -4.21. The van der Waals surface area contributed by atoms with Gasteiger partial charge in [-0.05, 0) is 60.3 Å². The Kier molecular flexibility index (Phi) is 7.16. The Bertz CT molecular complexity index is 1480. The summed E-state index contributed by atoms with van der Waals surface area (Å²) in [7, 11) is 1.62. The van der Waals surface area contributed by atoms with E-state index < -0.39 is 0 Å². The Morgan fingerprint density at radius 1 is 1.03 bits per heavy atom. The van der Waals surface area contributed by atoms with Crippen LogP contribution in [0, 0.1) is 0 Å². The fourth-order valence-corrected chi connectivity index (χ4v) is 5.00. The van der Waals surface area contributed by atoms with Crippen molar-refractivity contribution in [3.05, 3.63) is 107 Å². The van der Waals surface area contributed by atoms with Crippen molar-refractivity contribution in [2.45, 2.75) is 6.42 Å². The van der Waals surface area contributed by atoms with Crippen LogP contribution in [-0.2, 0) is 16.0 Å². The normalized spacial score (nSPS) is 14.3. The number of aromatic nitrogens is 2. The average Bonchev–Trinajstić information content (AvgIpc) is 3.46. The van der Waals surface area contributed by atoms with Crippen LogP contribution in [0.3, 0.4) is 0 Å². The number of rotatable bonds is 7. The third-order valence-electron chi connectivity index (χ3n) is 5.65. The third-order valence-corrected chi connectivity index (χ3v) is 6.95. The van der Waals surface area contributed by atoms with E-state index in [-0.39, 0.29) is 22.6 Å². The standard InChI is InChI=1S/C28H22N4O3S2/c1-35-23-14-12-20(13-15-23)26-21(18-31(30-26)22-10-6-3-7-11-22)17-24-27(34)32(28(36)37-24)29-25(33)16-19-8-4-2-5-9-19/h2-15,17-18H,16H2,1H3,(H,29,33)/b24-17+. The predicted octanol–water partition coefficient (Wildman–Crippen LogP) is 5.02. The first-order valence-electron chi connectivity index (χ1n) is 11.4. The van der Waals surface area contributed by atoms with E-state index in [0.29, 0.717) is 10.6 Å². The van der Waals surface area contributed by atoms with Crippen molar-refractivity contribution in [2.24, 2.45) is 0 Å². The molecule has 1 N–H and O–H groups in total. The molecule has 1 aliphatic rings. The van der Waals surface area contributed by atoms with E-state index in [1.807, 2.05) is 91.1 Å². The zero-order valence-electron chi connectivity index (χ0n) is 19.8. The molecule has 1 aromatic heterocycles. The van der Waals surface area contributed by atoms with Crippen molar-refractivity contribution >= 4 is 46.2 Å². The highest BCUT2D eigenvalue weighted by atomic mass is 32.2. The molecule has 0 radical (unpaired) electrons. The maximum atomic E-state index is 13.2. The number of carbonyl (C=O) groups is 2. The molecule has 184 valence electrons. The van der Waals surface area contributed by atoms with Crippen LogP contribution in [0.4, 0.5) is 0 Å². The first-order valence-corrected chi connectivity index (χ1v) is 12.6. The highest BCUT2D eigenvalue weighted by molar-refractivity contribution is 8.26. The monoisotopic (exact) mass is 526 g/mol. The molecule has 1 aliphatic heterocycles. The number of carbonyl (C=O) groups excluding carboxylic acids is 2. The molecule has 9 heteroatoms. The van der Waals surface area contributed by atoms with E-state index in [2.05, 4.69) is 5.43 Å². The summed E-state index contributed by atoms with van der Waals surface area (Å²) in [5, 5.41) is 5.93. The molecule has 3 aromatic carbocycles. The molecule has 4 aromatic rings. The lowest BCUT2D eigenvalue weighted by molar-refractivity contribution is -0.132. The highest BCUT2D eigenvalue weighted by Gasteiger charge is 2.34. The van der Waals surface area contributed by atoms with Gasteiger partial charge in [0.15, 0.2) is 4.32 Å². The minimum absolute atomic E-state index is 0.141. The Labute approximate surface area is 223 Å². The van der Waals surface area contributed by atoms with Crippen LogP contribution < -0.4 is 10.2 Å². The maximum Gasteiger partial charge on any atom is 0.285 e. The number of nitrogens with one attached hydrogen (secondary N) is 1. The number of benzene rings is 3. The number of nitrogens with zero attached hydrogens (tertiary/aromatic N) is 3. The number of hydrogen-bond acceptors (Lipinski definition) is 6. The highest BCUT2D eigenvalue weighted by Crippen LogP contribution is 2.34. The second-order valence-electron chi connectivity index (χ2n) is 8.16. The Balaban J connectivity index is 1.44. The molecular formula is C28H22N4O3S2. The number of methoxy groups -OCH3 is 1. The SMILES string of the molecule is COc1ccc(-c2nn(-c3ccccc3)cc2/C=C2/SC(=S)N(NC(=O)Cc3ccccc3)C2=O)cc1. The second kappa shape index (κ2) is 10.8. The van der Waals surface area contributed by atoms with Crippen LogP contribution in [0.5, 0.6) is 5.75 Å². The van der Waals surface area contributed by atoms with Gasteiger partial charge in [-0.25, -0.2) is 4.68 Å². The first-order chi connectivity index (χ1) is 18.0. The van der Waals surface area contributed by atoms with Crippen LogP contribution in [0.25, 0.3) is 23.0 Å². The summed E-state index contributed by atoms with van der Waals surface area (Å²) >= 11 is 6.54. The molecule has 0 bridgehead atoms. The van der Waals surface area contributed by atoms with E-state index in [4.69, 9.17) is 22.1 Å². The van der Waals surface area contributed by atoms with Crippen LogP contribution in [0.2, 0.25) is 0 Å². The molecule has 0 atom stereocenters. The second-order valence-corrected chi connectivity index (χ2v) is 9.83. The van der Waals surface area contributed by atoms with Crippen molar-refractivity contribution in [1.82, 2.24) is 20.2 Å². The quantitative estimate of drug-likeness (QED) is 0.269. The number of para-hydroxylation sites is 1. The van der Waals surface area contributed by atoms with Gasteiger partial charge in [-0.2, -0.15) is 10.1 Å². The van der Waals surface area contributed by atoms with Gasteiger partial charge in [0.2, 0.25) is 5.91 Å². The van der Waals surface area contributed by atoms with Crippen molar-refractivity contribution in [1.29, 1.82) is 0 Å². The molecule has 37 heavy (non-hydrogen) atoms. The van der Waals surface area contributed by atoms with E-state index in [9.17, 15) is 9.59 Å². The summed E-state index contributed by atoms with van der Waals surface area (Å²) in [6.07, 6.45) is 3.77. The average molecular weight is 527 g/mol. The van der Waals surface area contributed by atoms with Gasteiger partial charge in [0.25, 0.3) is 5.91 Å². The van der Waals surface area contributed by atoms with Crippen molar-refractivity contribution in [3.8, 4) is 22.7 Å². The van der Waals surface area contributed by atoms with Gasteiger partial charge in [0.1, 0.15) is 5.75 Å². The number of thiocarbonyl (C=S) groups is 1. The minimum Gasteiger partial charge on any atom is -0.497 e. The van der Waals surface area contributed by atoms with Gasteiger partial charge in [-0.3, -0.25) is 15.0 Å². The largest absolute Gasteiger partial charge is 0.497 e. The van der Waals surface area contributed by atoms with E-state index in [0.717, 1.165) is 44.9 Å². The number of thioether (sulfide) groups is 1. The minimum atomic E-state index is -0.385. The summed E-state index contributed by atoms with van der Waals surface area (Å²) in [6, 6.07) is 26.6. The van der Waals surface area contributed by atoms with Crippen molar-refractivity contribution < 1.29 is 14.3 Å². The van der Waals surface area contributed by atoms with Crippen molar-refractivity contribution in [3.63, 3.8) is 0 Å². The first kappa shape index (κ1) is 24.5. The van der Waals surface area contributed by atoms with Gasteiger partial charge < -0.3 is 4.74 Å². The van der Waals surface area contributed by atoms with E-state index in [1.165, 1.54) is 0 Å². The maximum absolute atomic E-state index is 13.2. The molecule has 2 heterocycles. The topological polar surface area (TPSA) is 76.5 Å². The van der Waals surface area contributed by atoms with E-state index >= 15 is 0 Å². The van der Waals surface area contributed by atoms with Crippen LogP contribution in [0.15, 0.2) is 96.0 Å². The Morgan fingerprint density at radius 2 is 1.70 bits per heavy atom. The molecule has 2 amide bonds. The van der Waals surface area contributed by atoms with Crippen LogP contribution >= 0.6 is 24.0 Å². The molecule has 0 unspecified atom stereocenters. The molecule has 0 aliphatic carbocycles. The lowest BCUT2D eigenvalue weighted by Crippen LogP contribution is -2.45. The van der Waals surface area contributed by atoms with Gasteiger partial charge in [-0.1, -0.05) is 60.3 Å². The fraction of sp³-hybridized carbons (Fsp3) is 0.0714. The fourth-order valence-electron chi connectivity index (χ4n) is 3.83. The van der Waals surface area contributed by atoms with Gasteiger partial charge in [0.05, 0.1) is 29.8 Å². The summed E-state index contributed by atoms with van der Waals surface area (Å²) in [5.41, 5.74) is 6.68. The molecule has 1 fully saturated rings. The van der Waals surface area contributed by atoms with Crippen molar-refractivity contribution in [2.75, 3.05) is 7.11 Å². The number of hydrogen-bond donors (Lipinski definition) is 1. The number of ether oxygens (including phenoxy) is 1. The third kappa shape index (κ3) is 5.47. The van der Waals surface area contributed by atoms with Gasteiger partial charge in [-0.15, -0.1) is 0 Å².